The third-order valence-corrected chi connectivity index (χ3v) is 4.09. The van der Waals surface area contributed by atoms with Gasteiger partial charge in [0.05, 0.1) is 0 Å². The lowest BCUT2D eigenvalue weighted by molar-refractivity contribution is -0.130. The van der Waals surface area contributed by atoms with Crippen molar-refractivity contribution in [3.8, 4) is 0 Å². The van der Waals surface area contributed by atoms with Crippen molar-refractivity contribution >= 4 is 11.9 Å². The first-order valence-corrected chi connectivity index (χ1v) is 8.53. The summed E-state index contributed by atoms with van der Waals surface area (Å²) in [5.41, 5.74) is 1.36. The van der Waals surface area contributed by atoms with E-state index in [0.29, 0.717) is 0 Å². The van der Waals surface area contributed by atoms with Crippen LogP contribution in [0.25, 0.3) is 0 Å². The molecule has 0 spiro atoms. The van der Waals surface area contributed by atoms with Crippen LogP contribution in [0.3, 0.4) is 0 Å². The van der Waals surface area contributed by atoms with Gasteiger partial charge in [-0.3, -0.25) is 9.79 Å². The van der Waals surface area contributed by atoms with Gasteiger partial charge in [0.2, 0.25) is 5.91 Å². The van der Waals surface area contributed by atoms with Crippen molar-refractivity contribution in [2.45, 2.75) is 26.7 Å². The van der Waals surface area contributed by atoms with Crippen LogP contribution in [0.4, 0.5) is 0 Å². The zero-order valence-electron chi connectivity index (χ0n) is 14.3. The van der Waals surface area contributed by atoms with Crippen molar-refractivity contribution in [3.63, 3.8) is 0 Å². The van der Waals surface area contributed by atoms with Gasteiger partial charge in [-0.05, 0) is 25.3 Å². The second kappa shape index (κ2) is 9.18. The molecule has 126 valence electrons. The number of hydrogen-bond acceptors (Lipinski definition) is 2. The Labute approximate surface area is 139 Å². The van der Waals surface area contributed by atoms with Crippen LogP contribution in [0.2, 0.25) is 0 Å². The molecule has 0 saturated carbocycles. The molecular weight excluding hydrogens is 288 g/mol. The van der Waals surface area contributed by atoms with E-state index in [2.05, 4.69) is 41.4 Å². The molecule has 5 nitrogen and oxygen atoms in total. The van der Waals surface area contributed by atoms with Gasteiger partial charge in [0.25, 0.3) is 0 Å². The fraction of sp³-hybridized carbons (Fsp3) is 0.556. The summed E-state index contributed by atoms with van der Waals surface area (Å²) >= 11 is 0. The molecule has 1 aliphatic heterocycles. The summed E-state index contributed by atoms with van der Waals surface area (Å²) in [4.78, 5) is 20.3. The number of carbonyl (C=O) groups is 1. The number of carbonyl (C=O) groups excluding carboxylic acids is 1. The molecule has 1 heterocycles. The summed E-state index contributed by atoms with van der Waals surface area (Å²) in [6.07, 6.45) is 2.11. The molecule has 0 aromatic heterocycles. The molecule has 0 radical (unpaired) electrons. The smallest absolute Gasteiger partial charge is 0.219 e. The molecular formula is C18H28N4O. The van der Waals surface area contributed by atoms with E-state index in [-0.39, 0.29) is 5.91 Å². The Balaban J connectivity index is 1.82. The fourth-order valence-corrected chi connectivity index (χ4v) is 2.77. The summed E-state index contributed by atoms with van der Waals surface area (Å²) < 4.78 is 0. The minimum atomic E-state index is 0.162. The maximum Gasteiger partial charge on any atom is 0.219 e. The molecule has 1 saturated heterocycles. The number of benzene rings is 1. The van der Waals surface area contributed by atoms with Crippen molar-refractivity contribution < 1.29 is 4.79 Å². The van der Waals surface area contributed by atoms with E-state index in [9.17, 15) is 4.79 Å². The van der Waals surface area contributed by atoms with Gasteiger partial charge in [0, 0.05) is 46.2 Å². The van der Waals surface area contributed by atoms with Gasteiger partial charge in [-0.25, -0.2) is 0 Å². The molecule has 5 heteroatoms. The molecule has 0 atom stereocenters. The lowest BCUT2D eigenvalue weighted by Crippen LogP contribution is -2.53. The Morgan fingerprint density at radius 3 is 2.39 bits per heavy atom. The quantitative estimate of drug-likeness (QED) is 0.511. The van der Waals surface area contributed by atoms with E-state index in [4.69, 9.17) is 4.99 Å². The average Bonchev–Trinajstić information content (AvgIpc) is 2.58. The lowest BCUT2D eigenvalue weighted by Gasteiger charge is -2.36. The maximum atomic E-state index is 11.4. The Morgan fingerprint density at radius 2 is 1.78 bits per heavy atom. The fourth-order valence-electron chi connectivity index (χ4n) is 2.77. The first-order valence-electron chi connectivity index (χ1n) is 8.53. The summed E-state index contributed by atoms with van der Waals surface area (Å²) in [5.74, 6) is 1.14. The second-order valence-corrected chi connectivity index (χ2v) is 5.82. The van der Waals surface area contributed by atoms with E-state index >= 15 is 0 Å². The highest BCUT2D eigenvalue weighted by molar-refractivity contribution is 5.80. The third-order valence-electron chi connectivity index (χ3n) is 4.09. The number of rotatable bonds is 5. The molecule has 1 N–H and O–H groups in total. The van der Waals surface area contributed by atoms with Crippen LogP contribution in [-0.4, -0.2) is 60.9 Å². The third kappa shape index (κ3) is 5.58. The Morgan fingerprint density at radius 1 is 1.13 bits per heavy atom. The van der Waals surface area contributed by atoms with Crippen molar-refractivity contribution in [2.75, 3.05) is 39.3 Å². The first kappa shape index (κ1) is 17.3. The van der Waals surface area contributed by atoms with Crippen molar-refractivity contribution in [2.24, 2.45) is 4.99 Å². The normalized spacial score (nSPS) is 15.7. The van der Waals surface area contributed by atoms with Crippen LogP contribution in [0, 0.1) is 0 Å². The second-order valence-electron chi connectivity index (χ2n) is 5.82. The van der Waals surface area contributed by atoms with Gasteiger partial charge in [-0.2, -0.15) is 0 Å². The average molecular weight is 316 g/mol. The molecule has 0 unspecified atom stereocenters. The SMILES string of the molecule is CCNC(=NCCCc1ccccc1)N1CCN(C(C)=O)CC1. The Hall–Kier alpha value is -2.04. The Kier molecular flexibility index (Phi) is 6.91. The van der Waals surface area contributed by atoms with E-state index < -0.39 is 0 Å². The van der Waals surface area contributed by atoms with Crippen molar-refractivity contribution in [1.82, 2.24) is 15.1 Å². The van der Waals surface area contributed by atoms with Gasteiger partial charge in [-0.15, -0.1) is 0 Å². The number of nitrogens with zero attached hydrogens (tertiary/aromatic N) is 3. The molecule has 1 amide bonds. The zero-order valence-corrected chi connectivity index (χ0v) is 14.3. The van der Waals surface area contributed by atoms with Crippen LogP contribution in [0.15, 0.2) is 35.3 Å². The van der Waals surface area contributed by atoms with Gasteiger partial charge >= 0.3 is 0 Å². The number of guanidine groups is 1. The molecule has 1 aromatic carbocycles. The number of nitrogens with one attached hydrogen (secondary N) is 1. The molecule has 2 rings (SSSR count). The topological polar surface area (TPSA) is 47.9 Å². The van der Waals surface area contributed by atoms with Crippen molar-refractivity contribution in [3.05, 3.63) is 35.9 Å². The van der Waals surface area contributed by atoms with Gasteiger partial charge < -0.3 is 15.1 Å². The van der Waals surface area contributed by atoms with Gasteiger partial charge in [-0.1, -0.05) is 30.3 Å². The van der Waals surface area contributed by atoms with Crippen LogP contribution < -0.4 is 5.32 Å². The molecule has 0 aliphatic carbocycles. The first-order chi connectivity index (χ1) is 11.2. The monoisotopic (exact) mass is 316 g/mol. The van der Waals surface area contributed by atoms with Gasteiger partial charge in [0.1, 0.15) is 0 Å². The summed E-state index contributed by atoms with van der Waals surface area (Å²) in [6, 6.07) is 10.5. The summed E-state index contributed by atoms with van der Waals surface area (Å²) in [6.45, 7) is 8.68. The highest BCUT2D eigenvalue weighted by Gasteiger charge is 2.20. The van der Waals surface area contributed by atoms with Crippen LogP contribution in [0.1, 0.15) is 25.8 Å². The molecule has 1 aromatic rings. The summed E-state index contributed by atoms with van der Waals surface area (Å²) in [5, 5.41) is 3.37. The van der Waals surface area contributed by atoms with Crippen LogP contribution >= 0.6 is 0 Å². The van der Waals surface area contributed by atoms with Crippen molar-refractivity contribution in [1.29, 1.82) is 0 Å². The molecule has 1 fully saturated rings. The number of hydrogen-bond donors (Lipinski definition) is 1. The lowest BCUT2D eigenvalue weighted by atomic mass is 10.1. The van der Waals surface area contributed by atoms with E-state index in [1.165, 1.54) is 5.56 Å². The van der Waals surface area contributed by atoms with Crippen LogP contribution in [-0.2, 0) is 11.2 Å². The standard InChI is InChI=1S/C18H28N4O/c1-3-19-18(22-14-12-21(13-15-22)16(2)23)20-11-7-10-17-8-5-4-6-9-17/h4-6,8-9H,3,7,10-15H2,1-2H3,(H,19,20). The molecule has 23 heavy (non-hydrogen) atoms. The maximum absolute atomic E-state index is 11.4. The molecule has 1 aliphatic rings. The number of aliphatic imine (C=N–C) groups is 1. The largest absolute Gasteiger partial charge is 0.357 e. The summed E-state index contributed by atoms with van der Waals surface area (Å²) in [7, 11) is 0. The number of aryl methyl sites for hydroxylation is 1. The van der Waals surface area contributed by atoms with E-state index in [1.54, 1.807) is 6.92 Å². The number of piperazine rings is 1. The van der Waals surface area contributed by atoms with Gasteiger partial charge in [0.15, 0.2) is 5.96 Å². The minimum absolute atomic E-state index is 0.162. The predicted molar refractivity (Wildman–Crippen MR) is 94.6 cm³/mol. The molecule has 0 bridgehead atoms. The highest BCUT2D eigenvalue weighted by Crippen LogP contribution is 2.05. The predicted octanol–water partition coefficient (Wildman–Crippen LogP) is 1.75. The van der Waals surface area contributed by atoms with E-state index in [1.807, 2.05) is 11.0 Å². The number of amides is 1. The Bertz CT molecular complexity index is 507. The van der Waals surface area contributed by atoms with E-state index in [0.717, 1.165) is 58.1 Å². The minimum Gasteiger partial charge on any atom is -0.357 e. The van der Waals surface area contributed by atoms with Crippen LogP contribution in [0.5, 0.6) is 0 Å². The zero-order chi connectivity index (χ0) is 16.5. The highest BCUT2D eigenvalue weighted by atomic mass is 16.2.